The molecule has 0 saturated carbocycles. The molecule has 1 aromatic rings. The van der Waals surface area contributed by atoms with Crippen LogP contribution in [0.15, 0.2) is 18.2 Å². The third-order valence-electron chi connectivity index (χ3n) is 2.44. The smallest absolute Gasteiger partial charge is 0.248 e. The van der Waals surface area contributed by atoms with Crippen molar-refractivity contribution in [2.24, 2.45) is 0 Å². The van der Waals surface area contributed by atoms with Crippen LogP contribution in [-0.2, 0) is 4.79 Å². The number of carbonyl (C=O) groups excluding carboxylic acids is 1. The summed E-state index contributed by atoms with van der Waals surface area (Å²) in [5.41, 5.74) is 2.15. The molecule has 4 heteroatoms. The molecule has 2 N–H and O–H groups in total. The van der Waals surface area contributed by atoms with Crippen molar-refractivity contribution in [2.75, 3.05) is 13.2 Å². The topological polar surface area (TPSA) is 58.6 Å². The third kappa shape index (κ3) is 4.07. The number of aliphatic hydroxyl groups is 1. The molecule has 0 spiro atoms. The molecule has 0 fully saturated rings. The maximum Gasteiger partial charge on any atom is 0.248 e. The zero-order chi connectivity index (χ0) is 12.8. The van der Waals surface area contributed by atoms with Crippen molar-refractivity contribution in [3.8, 4) is 5.75 Å². The van der Waals surface area contributed by atoms with Crippen molar-refractivity contribution in [1.29, 1.82) is 0 Å². The summed E-state index contributed by atoms with van der Waals surface area (Å²) < 4.78 is 5.60. The normalized spacial score (nSPS) is 12.0. The number of aliphatic hydroxyl groups excluding tert-OH is 1. The number of rotatable bonds is 5. The van der Waals surface area contributed by atoms with Crippen molar-refractivity contribution in [2.45, 2.75) is 26.9 Å². The number of carbonyl (C=O) groups is 1. The van der Waals surface area contributed by atoms with Gasteiger partial charge in [-0.25, -0.2) is 0 Å². The number of hydrogen-bond donors (Lipinski definition) is 2. The number of amides is 1. The van der Waals surface area contributed by atoms with Crippen molar-refractivity contribution in [3.63, 3.8) is 0 Å². The van der Waals surface area contributed by atoms with Crippen molar-refractivity contribution >= 4 is 5.91 Å². The molecule has 0 aromatic heterocycles. The van der Waals surface area contributed by atoms with Gasteiger partial charge in [0.15, 0.2) is 0 Å². The molecular formula is C13H19NO3. The van der Waals surface area contributed by atoms with Gasteiger partial charge < -0.3 is 15.2 Å². The van der Waals surface area contributed by atoms with E-state index in [2.05, 4.69) is 5.32 Å². The predicted molar refractivity (Wildman–Crippen MR) is 66.1 cm³/mol. The Balaban J connectivity index is 2.39. The van der Waals surface area contributed by atoms with Gasteiger partial charge in [0.05, 0.1) is 6.54 Å². The molecular weight excluding hydrogens is 218 g/mol. The lowest BCUT2D eigenvalue weighted by molar-refractivity contribution is -0.128. The lowest BCUT2D eigenvalue weighted by Crippen LogP contribution is -2.35. The summed E-state index contributed by atoms with van der Waals surface area (Å²) in [5, 5.41) is 11.5. The fourth-order valence-electron chi connectivity index (χ4n) is 1.50. The molecule has 1 unspecified atom stereocenters. The highest BCUT2D eigenvalue weighted by molar-refractivity contribution is 5.79. The highest BCUT2D eigenvalue weighted by Gasteiger charge is 2.07. The average Bonchev–Trinajstić information content (AvgIpc) is 2.27. The summed E-state index contributed by atoms with van der Waals surface area (Å²) in [7, 11) is 0. The fraction of sp³-hybridized carbons (Fsp3) is 0.462. The van der Waals surface area contributed by atoms with Gasteiger partial charge in [-0.2, -0.15) is 0 Å². The van der Waals surface area contributed by atoms with E-state index in [0.29, 0.717) is 13.2 Å². The van der Waals surface area contributed by atoms with E-state index >= 15 is 0 Å². The van der Waals surface area contributed by atoms with Crippen LogP contribution in [-0.4, -0.2) is 30.3 Å². The van der Waals surface area contributed by atoms with E-state index in [4.69, 9.17) is 9.84 Å². The first-order chi connectivity index (χ1) is 8.02. The quantitative estimate of drug-likeness (QED) is 0.756. The first-order valence-corrected chi connectivity index (χ1v) is 5.67. The molecule has 0 aliphatic heterocycles. The number of hydrogen-bond acceptors (Lipinski definition) is 3. The third-order valence-corrected chi connectivity index (χ3v) is 2.44. The maximum atomic E-state index is 11.1. The van der Waals surface area contributed by atoms with Crippen molar-refractivity contribution in [3.05, 3.63) is 29.3 Å². The van der Waals surface area contributed by atoms with Crippen LogP contribution in [0.5, 0.6) is 5.75 Å². The van der Waals surface area contributed by atoms with Crippen molar-refractivity contribution in [1.82, 2.24) is 5.32 Å². The summed E-state index contributed by atoms with van der Waals surface area (Å²) in [4.78, 5) is 11.1. The van der Waals surface area contributed by atoms with Crippen LogP contribution in [0.25, 0.3) is 0 Å². The molecule has 0 heterocycles. The minimum absolute atomic E-state index is 0.380. The Morgan fingerprint density at radius 3 is 2.53 bits per heavy atom. The number of benzene rings is 1. The second-order valence-electron chi connectivity index (χ2n) is 4.04. The predicted octanol–water partition coefficient (Wildman–Crippen LogP) is 1.18. The van der Waals surface area contributed by atoms with Crippen molar-refractivity contribution < 1.29 is 14.6 Å². The first kappa shape index (κ1) is 13.5. The van der Waals surface area contributed by atoms with Crippen LogP contribution < -0.4 is 10.1 Å². The summed E-state index contributed by atoms with van der Waals surface area (Å²) in [6, 6.07) is 5.94. The van der Waals surface area contributed by atoms with Gasteiger partial charge in [-0.05, 0) is 31.9 Å². The Bertz CT molecular complexity index is 368. The minimum Gasteiger partial charge on any atom is -0.491 e. The Labute approximate surface area is 102 Å². The number of ether oxygens (including phenoxy) is 1. The van der Waals surface area contributed by atoms with Crippen LogP contribution >= 0.6 is 0 Å². The van der Waals surface area contributed by atoms with Crippen LogP contribution in [0, 0.1) is 13.8 Å². The largest absolute Gasteiger partial charge is 0.491 e. The van der Waals surface area contributed by atoms with Gasteiger partial charge in [0.2, 0.25) is 5.91 Å². The second kappa shape index (κ2) is 6.25. The Hall–Kier alpha value is -1.55. The van der Waals surface area contributed by atoms with Gasteiger partial charge in [0.1, 0.15) is 18.5 Å². The number of aryl methyl sites for hydroxylation is 2. The van der Waals surface area contributed by atoms with Crippen LogP contribution in [0.3, 0.4) is 0 Å². The lowest BCUT2D eigenvalue weighted by Gasteiger charge is -2.12. The van der Waals surface area contributed by atoms with E-state index in [1.807, 2.05) is 32.0 Å². The lowest BCUT2D eigenvalue weighted by atomic mass is 10.1. The molecule has 17 heavy (non-hydrogen) atoms. The zero-order valence-electron chi connectivity index (χ0n) is 10.5. The van der Waals surface area contributed by atoms with Gasteiger partial charge in [-0.15, -0.1) is 0 Å². The van der Waals surface area contributed by atoms with E-state index in [1.54, 1.807) is 0 Å². The van der Waals surface area contributed by atoms with Gasteiger partial charge >= 0.3 is 0 Å². The van der Waals surface area contributed by atoms with Gasteiger partial charge in [0.25, 0.3) is 0 Å². The van der Waals surface area contributed by atoms with E-state index in [-0.39, 0.29) is 5.91 Å². The van der Waals surface area contributed by atoms with Crippen LogP contribution in [0.2, 0.25) is 0 Å². The molecule has 0 radical (unpaired) electrons. The van der Waals surface area contributed by atoms with Gasteiger partial charge in [-0.3, -0.25) is 4.79 Å². The van der Waals surface area contributed by atoms with E-state index < -0.39 is 6.10 Å². The van der Waals surface area contributed by atoms with E-state index in [9.17, 15) is 4.79 Å². The summed E-state index contributed by atoms with van der Waals surface area (Å²) in [5.74, 6) is 0.480. The summed E-state index contributed by atoms with van der Waals surface area (Å²) >= 11 is 0. The molecule has 94 valence electrons. The molecule has 1 amide bonds. The second-order valence-corrected chi connectivity index (χ2v) is 4.04. The van der Waals surface area contributed by atoms with Gasteiger partial charge in [0, 0.05) is 0 Å². The Kier molecular flexibility index (Phi) is 4.97. The zero-order valence-corrected chi connectivity index (χ0v) is 10.5. The summed E-state index contributed by atoms with van der Waals surface area (Å²) in [6.07, 6.45) is -0.977. The highest BCUT2D eigenvalue weighted by atomic mass is 16.5. The van der Waals surface area contributed by atoms with Crippen LogP contribution in [0.4, 0.5) is 0 Å². The standard InChI is InChI=1S/C13H19NO3/c1-9-5-4-6-10(2)12(9)17-8-7-14-13(16)11(3)15/h4-6,11,15H,7-8H2,1-3H3,(H,14,16). The molecule has 0 aliphatic rings. The maximum absolute atomic E-state index is 11.1. The molecule has 1 atom stereocenters. The molecule has 0 saturated heterocycles. The SMILES string of the molecule is Cc1cccc(C)c1OCCNC(=O)C(C)O. The molecule has 0 bridgehead atoms. The summed E-state index contributed by atoms with van der Waals surface area (Å²) in [6.45, 7) is 6.18. The van der Waals surface area contributed by atoms with Gasteiger partial charge in [-0.1, -0.05) is 18.2 Å². The highest BCUT2D eigenvalue weighted by Crippen LogP contribution is 2.21. The van der Waals surface area contributed by atoms with E-state index in [0.717, 1.165) is 16.9 Å². The Morgan fingerprint density at radius 2 is 2.00 bits per heavy atom. The monoisotopic (exact) mass is 237 g/mol. The molecule has 1 aromatic carbocycles. The number of para-hydroxylation sites is 1. The minimum atomic E-state index is -0.977. The number of nitrogens with one attached hydrogen (secondary N) is 1. The molecule has 4 nitrogen and oxygen atoms in total. The van der Waals surface area contributed by atoms with Crippen LogP contribution in [0.1, 0.15) is 18.1 Å². The van der Waals surface area contributed by atoms with E-state index in [1.165, 1.54) is 6.92 Å². The average molecular weight is 237 g/mol. The first-order valence-electron chi connectivity index (χ1n) is 5.67. The fourth-order valence-corrected chi connectivity index (χ4v) is 1.50. The Morgan fingerprint density at radius 1 is 1.41 bits per heavy atom. The molecule has 1 rings (SSSR count). The molecule has 0 aliphatic carbocycles.